The Morgan fingerprint density at radius 3 is 2.05 bits per heavy atom. The normalized spacial score (nSPS) is 28.1. The number of carbonyl (C=O) groups is 2. The molecule has 5 aliphatic rings. The lowest BCUT2D eigenvalue weighted by Gasteiger charge is -2.43. The molecule has 7 heteroatoms. The van der Waals surface area contributed by atoms with Gasteiger partial charge in [-0.3, -0.25) is 19.4 Å². The molecule has 1 aromatic carbocycles. The summed E-state index contributed by atoms with van der Waals surface area (Å²) >= 11 is 0. The van der Waals surface area contributed by atoms with E-state index in [4.69, 9.17) is 0 Å². The zero-order valence-corrected chi connectivity index (χ0v) is 22.5. The van der Waals surface area contributed by atoms with Crippen molar-refractivity contribution >= 4 is 17.5 Å². The fourth-order valence-corrected chi connectivity index (χ4v) is 7.33. The van der Waals surface area contributed by atoms with E-state index < -0.39 is 0 Å². The minimum atomic E-state index is 0.201. The number of rotatable bonds is 5. The van der Waals surface area contributed by atoms with Crippen molar-refractivity contribution in [1.82, 2.24) is 19.6 Å². The summed E-state index contributed by atoms with van der Waals surface area (Å²) in [6.07, 6.45) is 10.6. The Kier molecular flexibility index (Phi) is 7.70. The average Bonchev–Trinajstić information content (AvgIpc) is 2.92. The number of anilines is 1. The number of carbonyl (C=O) groups excluding carboxylic acids is 2. The Labute approximate surface area is 222 Å². The molecule has 6 rings (SSSR count). The number of fused-ring (bicyclic) bond motifs is 1. The van der Waals surface area contributed by atoms with E-state index in [1.165, 1.54) is 57.1 Å². The minimum absolute atomic E-state index is 0.201. The Bertz CT molecular complexity index is 932. The van der Waals surface area contributed by atoms with Gasteiger partial charge in [-0.25, -0.2) is 0 Å². The lowest BCUT2D eigenvalue weighted by molar-refractivity contribution is -0.134. The maximum absolute atomic E-state index is 13.2. The largest absolute Gasteiger partial charge is 0.369 e. The van der Waals surface area contributed by atoms with Gasteiger partial charge in [0.2, 0.25) is 5.91 Å². The van der Waals surface area contributed by atoms with Crippen LogP contribution in [0.5, 0.6) is 0 Å². The molecule has 0 unspecified atom stereocenters. The van der Waals surface area contributed by atoms with Crippen LogP contribution in [0, 0.1) is 11.8 Å². The molecule has 37 heavy (non-hydrogen) atoms. The van der Waals surface area contributed by atoms with Crippen molar-refractivity contribution in [1.29, 1.82) is 0 Å². The second-order valence-corrected chi connectivity index (χ2v) is 12.2. The summed E-state index contributed by atoms with van der Waals surface area (Å²) in [7, 11) is 0. The van der Waals surface area contributed by atoms with Crippen molar-refractivity contribution in [2.45, 2.75) is 57.4 Å². The van der Waals surface area contributed by atoms with Crippen molar-refractivity contribution in [3.63, 3.8) is 0 Å². The molecule has 7 nitrogen and oxygen atoms in total. The summed E-state index contributed by atoms with van der Waals surface area (Å²) in [4.78, 5) is 37.5. The van der Waals surface area contributed by atoms with E-state index in [0.717, 1.165) is 83.0 Å². The Hall–Kier alpha value is -2.12. The van der Waals surface area contributed by atoms with E-state index in [1.54, 1.807) is 0 Å². The highest BCUT2D eigenvalue weighted by atomic mass is 16.2. The molecule has 1 aromatic rings. The third-order valence-corrected chi connectivity index (χ3v) is 10.0. The van der Waals surface area contributed by atoms with Crippen LogP contribution in [0.1, 0.15) is 61.7 Å². The Balaban J connectivity index is 0.947. The van der Waals surface area contributed by atoms with Crippen LogP contribution in [0.25, 0.3) is 0 Å². The van der Waals surface area contributed by atoms with Crippen LogP contribution in [-0.2, 0) is 4.79 Å². The van der Waals surface area contributed by atoms with Crippen molar-refractivity contribution in [3.05, 3.63) is 29.8 Å². The predicted molar refractivity (Wildman–Crippen MR) is 147 cm³/mol. The third kappa shape index (κ3) is 5.68. The number of benzene rings is 1. The molecule has 0 aromatic heterocycles. The zero-order chi connectivity index (χ0) is 25.2. The summed E-state index contributed by atoms with van der Waals surface area (Å²) in [5.41, 5.74) is 2.00. The lowest BCUT2D eigenvalue weighted by Crippen LogP contribution is -2.56. The minimum Gasteiger partial charge on any atom is -0.369 e. The maximum Gasteiger partial charge on any atom is 0.253 e. The van der Waals surface area contributed by atoms with Gasteiger partial charge < -0.3 is 14.7 Å². The van der Waals surface area contributed by atoms with Crippen molar-refractivity contribution in [2.24, 2.45) is 11.8 Å². The molecule has 2 saturated carbocycles. The molecule has 2 atom stereocenters. The van der Waals surface area contributed by atoms with Gasteiger partial charge in [-0.15, -0.1) is 0 Å². The van der Waals surface area contributed by atoms with E-state index in [9.17, 15) is 9.59 Å². The molecule has 0 bridgehead atoms. The van der Waals surface area contributed by atoms with Crippen LogP contribution >= 0.6 is 0 Å². The van der Waals surface area contributed by atoms with Crippen molar-refractivity contribution < 1.29 is 9.59 Å². The van der Waals surface area contributed by atoms with Gasteiger partial charge in [-0.05, 0) is 61.8 Å². The molecule has 0 spiro atoms. The maximum atomic E-state index is 13.2. The van der Waals surface area contributed by atoms with E-state index >= 15 is 0 Å². The highest BCUT2D eigenvalue weighted by Gasteiger charge is 2.33. The van der Waals surface area contributed by atoms with Crippen LogP contribution in [0.4, 0.5) is 5.69 Å². The molecule has 0 radical (unpaired) electrons. The van der Waals surface area contributed by atoms with Gasteiger partial charge in [0, 0.05) is 82.7 Å². The first-order valence-corrected chi connectivity index (χ1v) is 15.0. The second kappa shape index (κ2) is 11.3. The number of piperidine rings is 1. The highest BCUT2D eigenvalue weighted by molar-refractivity contribution is 5.94. The Morgan fingerprint density at radius 1 is 0.676 bits per heavy atom. The number of hydrogen-bond acceptors (Lipinski definition) is 5. The van der Waals surface area contributed by atoms with Crippen molar-refractivity contribution in [2.75, 3.05) is 76.9 Å². The molecule has 3 aliphatic heterocycles. The second-order valence-electron chi connectivity index (χ2n) is 12.2. The first-order valence-electron chi connectivity index (χ1n) is 15.0. The summed E-state index contributed by atoms with van der Waals surface area (Å²) in [6.45, 7) is 9.93. The number of piperazine rings is 2. The summed E-state index contributed by atoms with van der Waals surface area (Å²) < 4.78 is 0. The summed E-state index contributed by atoms with van der Waals surface area (Å²) in [5, 5.41) is 0. The molecule has 3 saturated heterocycles. The van der Waals surface area contributed by atoms with Gasteiger partial charge in [-0.2, -0.15) is 0 Å². The summed E-state index contributed by atoms with van der Waals surface area (Å²) in [6, 6.07) is 9.05. The van der Waals surface area contributed by atoms with E-state index in [-0.39, 0.29) is 5.91 Å². The monoisotopic (exact) mass is 507 g/mol. The van der Waals surface area contributed by atoms with Gasteiger partial charge in [0.05, 0.1) is 6.54 Å². The van der Waals surface area contributed by atoms with Crippen LogP contribution in [0.15, 0.2) is 24.3 Å². The van der Waals surface area contributed by atoms with E-state index in [0.29, 0.717) is 18.4 Å². The standard InChI is InChI=1S/C30H45N5O2/c36-29(34-20-18-33(19-21-34)27-6-3-7-27)23-31-14-16-32(17-15-31)28-10-8-25(9-11-28)30(37)35-13-12-24-4-1-2-5-26(24)22-35/h8-11,24,26-27H,1-7,12-23H2/t24-,26-/m1/s1. The molecule has 2 amide bonds. The predicted octanol–water partition coefficient (Wildman–Crippen LogP) is 3.16. The molecular weight excluding hydrogens is 462 g/mol. The fourth-order valence-electron chi connectivity index (χ4n) is 7.33. The molecular formula is C30H45N5O2. The molecule has 3 heterocycles. The third-order valence-electron chi connectivity index (χ3n) is 10.0. The quantitative estimate of drug-likeness (QED) is 0.613. The zero-order valence-electron chi connectivity index (χ0n) is 22.5. The van der Waals surface area contributed by atoms with Crippen LogP contribution in [0.3, 0.4) is 0 Å². The van der Waals surface area contributed by atoms with Crippen LogP contribution in [0.2, 0.25) is 0 Å². The van der Waals surface area contributed by atoms with Gasteiger partial charge >= 0.3 is 0 Å². The van der Waals surface area contributed by atoms with Crippen molar-refractivity contribution in [3.8, 4) is 0 Å². The SMILES string of the molecule is O=C(CN1CCN(c2ccc(C(=O)N3CC[C@H]4CCCC[C@@H]4C3)cc2)CC1)N1CCN(C2CCC2)CC1. The van der Waals surface area contributed by atoms with Crippen LogP contribution < -0.4 is 4.90 Å². The summed E-state index contributed by atoms with van der Waals surface area (Å²) in [5.74, 6) is 2.05. The highest BCUT2D eigenvalue weighted by Crippen LogP contribution is 2.36. The number of nitrogens with zero attached hydrogens (tertiary/aromatic N) is 5. The molecule has 2 aliphatic carbocycles. The van der Waals surface area contributed by atoms with E-state index in [2.05, 4.69) is 36.6 Å². The smallest absolute Gasteiger partial charge is 0.253 e. The van der Waals surface area contributed by atoms with Crippen LogP contribution in [-0.4, -0.2) is 109 Å². The molecule has 5 fully saturated rings. The number of amides is 2. The lowest BCUT2D eigenvalue weighted by atomic mass is 9.75. The molecule has 202 valence electrons. The fraction of sp³-hybridized carbons (Fsp3) is 0.733. The Morgan fingerprint density at radius 2 is 1.38 bits per heavy atom. The number of likely N-dealkylation sites (tertiary alicyclic amines) is 1. The number of hydrogen-bond donors (Lipinski definition) is 0. The van der Waals surface area contributed by atoms with E-state index in [1.807, 2.05) is 12.1 Å². The first kappa shape index (κ1) is 25.2. The van der Waals surface area contributed by atoms with Gasteiger partial charge in [0.15, 0.2) is 0 Å². The van der Waals surface area contributed by atoms with Gasteiger partial charge in [0.1, 0.15) is 0 Å². The topological polar surface area (TPSA) is 50.3 Å². The first-order chi connectivity index (χ1) is 18.1. The van der Waals surface area contributed by atoms with Gasteiger partial charge in [-0.1, -0.05) is 25.7 Å². The molecule has 0 N–H and O–H groups in total. The average molecular weight is 508 g/mol. The van der Waals surface area contributed by atoms with Gasteiger partial charge in [0.25, 0.3) is 5.91 Å².